The largest absolute Gasteiger partial charge is 0.361 e. The summed E-state index contributed by atoms with van der Waals surface area (Å²) in [4.78, 5) is 17.8. The number of benzene rings is 1. The number of aromatic amines is 1. The molecule has 1 saturated heterocycles. The Labute approximate surface area is 120 Å². The number of H-pyrrole nitrogens is 1. The van der Waals surface area contributed by atoms with E-state index in [1.807, 2.05) is 11.1 Å². The van der Waals surface area contributed by atoms with Crippen LogP contribution in [0.3, 0.4) is 0 Å². The van der Waals surface area contributed by atoms with Gasteiger partial charge in [0.15, 0.2) is 0 Å². The first-order valence-electron chi connectivity index (χ1n) is 7.59. The van der Waals surface area contributed by atoms with Gasteiger partial charge in [-0.25, -0.2) is 0 Å². The van der Waals surface area contributed by atoms with Gasteiger partial charge in [-0.05, 0) is 30.9 Å². The molecule has 3 rings (SSSR count). The summed E-state index contributed by atoms with van der Waals surface area (Å²) in [6.45, 7) is 3.96. The third-order valence-corrected chi connectivity index (χ3v) is 4.31. The van der Waals surface area contributed by atoms with Crippen LogP contribution < -0.4 is 0 Å². The fourth-order valence-electron chi connectivity index (χ4n) is 3.11. The minimum atomic E-state index is 0.273. The van der Waals surface area contributed by atoms with Crippen LogP contribution in [-0.4, -0.2) is 28.9 Å². The third-order valence-electron chi connectivity index (χ3n) is 4.31. The smallest absolute Gasteiger partial charge is 0.227 e. The molecular formula is C17H22N2O. The summed E-state index contributed by atoms with van der Waals surface area (Å²) >= 11 is 0. The van der Waals surface area contributed by atoms with Crippen LogP contribution in [0.25, 0.3) is 10.9 Å². The second-order valence-electron chi connectivity index (χ2n) is 5.78. The van der Waals surface area contributed by atoms with E-state index in [9.17, 15) is 4.79 Å². The van der Waals surface area contributed by atoms with Crippen molar-refractivity contribution in [3.05, 3.63) is 35.5 Å². The van der Waals surface area contributed by atoms with E-state index < -0.39 is 0 Å². The fourth-order valence-corrected chi connectivity index (χ4v) is 3.11. The predicted octanol–water partition coefficient (Wildman–Crippen LogP) is 3.42. The number of aryl methyl sites for hydroxylation is 1. The summed E-state index contributed by atoms with van der Waals surface area (Å²) < 4.78 is 0. The van der Waals surface area contributed by atoms with Crippen molar-refractivity contribution in [1.29, 1.82) is 0 Å². The van der Waals surface area contributed by atoms with Crippen molar-refractivity contribution in [2.45, 2.75) is 39.0 Å². The van der Waals surface area contributed by atoms with Crippen LogP contribution in [0, 0.1) is 6.92 Å². The summed E-state index contributed by atoms with van der Waals surface area (Å²) in [6.07, 6.45) is 7.33. The molecule has 3 nitrogen and oxygen atoms in total. The van der Waals surface area contributed by atoms with E-state index in [2.05, 4.69) is 30.1 Å². The van der Waals surface area contributed by atoms with E-state index >= 15 is 0 Å². The Morgan fingerprint density at radius 1 is 1.20 bits per heavy atom. The molecule has 1 aromatic heterocycles. The molecule has 0 saturated carbocycles. The van der Waals surface area contributed by atoms with Crippen molar-refractivity contribution in [2.75, 3.05) is 13.1 Å². The van der Waals surface area contributed by atoms with E-state index in [-0.39, 0.29) is 5.91 Å². The first-order valence-corrected chi connectivity index (χ1v) is 7.59. The zero-order chi connectivity index (χ0) is 13.9. The van der Waals surface area contributed by atoms with Gasteiger partial charge in [0, 0.05) is 30.2 Å². The van der Waals surface area contributed by atoms with Crippen LogP contribution in [0.4, 0.5) is 0 Å². The molecular weight excluding hydrogens is 248 g/mol. The lowest BCUT2D eigenvalue weighted by Crippen LogP contribution is -2.33. The number of para-hydroxylation sites is 1. The molecule has 2 heterocycles. The number of hydrogen-bond donors (Lipinski definition) is 1. The van der Waals surface area contributed by atoms with Gasteiger partial charge in [0.1, 0.15) is 0 Å². The van der Waals surface area contributed by atoms with Gasteiger partial charge in [0.05, 0.1) is 6.42 Å². The molecule has 0 aliphatic carbocycles. The number of likely N-dealkylation sites (tertiary alicyclic amines) is 1. The molecule has 1 aliphatic heterocycles. The Kier molecular flexibility index (Phi) is 3.77. The molecule has 0 radical (unpaired) electrons. The molecule has 1 aromatic carbocycles. The van der Waals surface area contributed by atoms with Gasteiger partial charge in [-0.15, -0.1) is 0 Å². The highest BCUT2D eigenvalue weighted by Crippen LogP contribution is 2.22. The topological polar surface area (TPSA) is 36.1 Å². The normalized spacial score (nSPS) is 16.4. The average Bonchev–Trinajstić information content (AvgIpc) is 2.69. The standard InChI is InChI=1S/C17H22N2O/c1-13-7-6-8-15-14(12-18-17(13)15)11-16(20)19-9-4-2-3-5-10-19/h6-8,12,18H,2-5,9-11H2,1H3. The van der Waals surface area contributed by atoms with E-state index in [4.69, 9.17) is 0 Å². The SMILES string of the molecule is Cc1cccc2c(CC(=O)N3CCCCCC3)c[nH]c12. The number of amides is 1. The number of carbonyl (C=O) groups excluding carboxylic acids is 1. The molecule has 106 valence electrons. The van der Waals surface area contributed by atoms with E-state index in [1.165, 1.54) is 23.8 Å². The lowest BCUT2D eigenvalue weighted by Gasteiger charge is -2.20. The number of hydrogen-bond acceptors (Lipinski definition) is 1. The zero-order valence-electron chi connectivity index (χ0n) is 12.1. The molecule has 0 atom stereocenters. The van der Waals surface area contributed by atoms with Crippen LogP contribution >= 0.6 is 0 Å². The summed E-state index contributed by atoms with van der Waals surface area (Å²) in [5, 5.41) is 1.19. The molecule has 2 aromatic rings. The lowest BCUT2D eigenvalue weighted by molar-refractivity contribution is -0.130. The Balaban J connectivity index is 1.78. The quantitative estimate of drug-likeness (QED) is 0.891. The number of fused-ring (bicyclic) bond motifs is 1. The van der Waals surface area contributed by atoms with Gasteiger partial charge >= 0.3 is 0 Å². The van der Waals surface area contributed by atoms with E-state index in [1.54, 1.807) is 0 Å². The van der Waals surface area contributed by atoms with Crippen molar-refractivity contribution in [2.24, 2.45) is 0 Å². The van der Waals surface area contributed by atoms with Gasteiger partial charge in [-0.2, -0.15) is 0 Å². The van der Waals surface area contributed by atoms with Crippen LogP contribution in [-0.2, 0) is 11.2 Å². The molecule has 0 spiro atoms. The molecule has 0 bridgehead atoms. The highest BCUT2D eigenvalue weighted by atomic mass is 16.2. The Morgan fingerprint density at radius 2 is 1.95 bits per heavy atom. The summed E-state index contributed by atoms with van der Waals surface area (Å²) in [6, 6.07) is 6.26. The first kappa shape index (κ1) is 13.2. The molecule has 1 N–H and O–H groups in total. The van der Waals surface area contributed by atoms with Gasteiger partial charge in [0.2, 0.25) is 5.91 Å². The fraction of sp³-hybridized carbons (Fsp3) is 0.471. The maximum atomic E-state index is 12.5. The summed E-state index contributed by atoms with van der Waals surface area (Å²) in [7, 11) is 0. The number of aromatic nitrogens is 1. The number of rotatable bonds is 2. The maximum absolute atomic E-state index is 12.5. The minimum absolute atomic E-state index is 0.273. The van der Waals surface area contributed by atoms with Crippen molar-refractivity contribution in [1.82, 2.24) is 9.88 Å². The molecule has 1 amide bonds. The van der Waals surface area contributed by atoms with E-state index in [0.717, 1.165) is 37.0 Å². The van der Waals surface area contributed by atoms with Gasteiger partial charge in [-0.1, -0.05) is 31.0 Å². The second kappa shape index (κ2) is 5.70. The maximum Gasteiger partial charge on any atom is 0.227 e. The third kappa shape index (κ3) is 2.58. The number of nitrogens with zero attached hydrogens (tertiary/aromatic N) is 1. The lowest BCUT2D eigenvalue weighted by atomic mass is 10.1. The van der Waals surface area contributed by atoms with Crippen molar-refractivity contribution in [3.63, 3.8) is 0 Å². The van der Waals surface area contributed by atoms with Crippen molar-refractivity contribution in [3.8, 4) is 0 Å². The Bertz CT molecular complexity index is 606. The van der Waals surface area contributed by atoms with Crippen molar-refractivity contribution < 1.29 is 4.79 Å². The predicted molar refractivity (Wildman–Crippen MR) is 81.8 cm³/mol. The van der Waals surface area contributed by atoms with Crippen LogP contribution in [0.15, 0.2) is 24.4 Å². The summed E-state index contributed by atoms with van der Waals surface area (Å²) in [5.74, 6) is 0.273. The van der Waals surface area contributed by atoms with Gasteiger partial charge < -0.3 is 9.88 Å². The minimum Gasteiger partial charge on any atom is -0.361 e. The Hall–Kier alpha value is -1.77. The molecule has 3 heteroatoms. The van der Waals surface area contributed by atoms with Gasteiger partial charge in [-0.3, -0.25) is 4.79 Å². The summed E-state index contributed by atoms with van der Waals surface area (Å²) in [5.41, 5.74) is 3.51. The molecule has 20 heavy (non-hydrogen) atoms. The highest BCUT2D eigenvalue weighted by molar-refractivity contribution is 5.90. The van der Waals surface area contributed by atoms with Crippen LogP contribution in [0.1, 0.15) is 36.8 Å². The van der Waals surface area contributed by atoms with E-state index in [0.29, 0.717) is 6.42 Å². The number of carbonyl (C=O) groups is 1. The van der Waals surface area contributed by atoms with Crippen LogP contribution in [0.5, 0.6) is 0 Å². The molecule has 1 fully saturated rings. The monoisotopic (exact) mass is 270 g/mol. The highest BCUT2D eigenvalue weighted by Gasteiger charge is 2.17. The second-order valence-corrected chi connectivity index (χ2v) is 5.78. The number of nitrogens with one attached hydrogen (secondary N) is 1. The zero-order valence-corrected chi connectivity index (χ0v) is 12.1. The molecule has 1 aliphatic rings. The Morgan fingerprint density at radius 3 is 2.70 bits per heavy atom. The average molecular weight is 270 g/mol. The van der Waals surface area contributed by atoms with Gasteiger partial charge in [0.25, 0.3) is 0 Å². The molecule has 0 unspecified atom stereocenters. The first-order chi connectivity index (χ1) is 9.75. The van der Waals surface area contributed by atoms with Crippen LogP contribution in [0.2, 0.25) is 0 Å². The van der Waals surface area contributed by atoms with Crippen molar-refractivity contribution >= 4 is 16.8 Å².